The van der Waals surface area contributed by atoms with Crippen LogP contribution in [0.15, 0.2) is 10.6 Å². The Labute approximate surface area is 119 Å². The number of nitrogens with zero attached hydrogens (tertiary/aromatic N) is 2. The highest BCUT2D eigenvalue weighted by Crippen LogP contribution is 2.23. The fourth-order valence-electron chi connectivity index (χ4n) is 2.22. The Balaban J connectivity index is 1.86. The molecular formula is C14H24N4O2. The van der Waals surface area contributed by atoms with Crippen LogP contribution in [0.4, 0.5) is 5.88 Å². The van der Waals surface area contributed by atoms with Crippen molar-refractivity contribution >= 4 is 11.8 Å². The minimum Gasteiger partial charge on any atom is -0.338 e. The first-order valence-electron chi connectivity index (χ1n) is 7.07. The Morgan fingerprint density at radius 1 is 1.60 bits per heavy atom. The molecule has 1 aliphatic rings. The molecule has 0 radical (unpaired) electrons. The maximum Gasteiger partial charge on any atom is 0.240 e. The molecule has 6 heteroatoms. The maximum atomic E-state index is 12.0. The van der Waals surface area contributed by atoms with Crippen molar-refractivity contribution < 1.29 is 9.32 Å². The van der Waals surface area contributed by atoms with Crippen LogP contribution in [0.3, 0.4) is 0 Å². The molecule has 1 aromatic rings. The molecule has 1 saturated heterocycles. The number of nitrogens with one attached hydrogen (secondary N) is 2. The fraction of sp³-hybridized carbons (Fsp3) is 0.714. The summed E-state index contributed by atoms with van der Waals surface area (Å²) in [5.74, 6) is 0.360. The standard InChI is InChI=1S/C14H24N4O2/c1-10-8-18(6-5-15-10)9-12(19)16-13-7-11(17-20-13)14(2,3)4/h7,10,15H,5-6,8-9H2,1-4H3,(H,16,19)/t10-/m1/s1. The molecule has 6 nitrogen and oxygen atoms in total. The van der Waals surface area contributed by atoms with Crippen molar-refractivity contribution in [1.29, 1.82) is 0 Å². The Morgan fingerprint density at radius 3 is 2.95 bits per heavy atom. The zero-order valence-corrected chi connectivity index (χ0v) is 12.7. The van der Waals surface area contributed by atoms with Gasteiger partial charge in [0.2, 0.25) is 11.8 Å². The lowest BCUT2D eigenvalue weighted by Crippen LogP contribution is -2.51. The van der Waals surface area contributed by atoms with E-state index >= 15 is 0 Å². The largest absolute Gasteiger partial charge is 0.338 e. The Morgan fingerprint density at radius 2 is 2.35 bits per heavy atom. The van der Waals surface area contributed by atoms with E-state index in [1.165, 1.54) is 0 Å². The quantitative estimate of drug-likeness (QED) is 0.870. The fourth-order valence-corrected chi connectivity index (χ4v) is 2.22. The first-order chi connectivity index (χ1) is 9.34. The smallest absolute Gasteiger partial charge is 0.240 e. The predicted molar refractivity (Wildman–Crippen MR) is 77.7 cm³/mol. The SMILES string of the molecule is C[C@@H]1CN(CC(=O)Nc2cc(C(C)(C)C)no2)CCN1. The lowest BCUT2D eigenvalue weighted by atomic mass is 9.92. The van der Waals surface area contributed by atoms with E-state index in [0.29, 0.717) is 18.5 Å². The van der Waals surface area contributed by atoms with Gasteiger partial charge in [0.05, 0.1) is 12.2 Å². The van der Waals surface area contributed by atoms with Gasteiger partial charge in [-0.25, -0.2) is 0 Å². The third-order valence-corrected chi connectivity index (χ3v) is 3.36. The van der Waals surface area contributed by atoms with E-state index in [1.807, 2.05) is 0 Å². The van der Waals surface area contributed by atoms with E-state index in [4.69, 9.17) is 4.52 Å². The van der Waals surface area contributed by atoms with Crippen LogP contribution in [0.2, 0.25) is 0 Å². The van der Waals surface area contributed by atoms with E-state index < -0.39 is 0 Å². The van der Waals surface area contributed by atoms with Gasteiger partial charge in [-0.05, 0) is 6.92 Å². The van der Waals surface area contributed by atoms with Gasteiger partial charge in [0.15, 0.2) is 0 Å². The average molecular weight is 280 g/mol. The summed E-state index contributed by atoms with van der Waals surface area (Å²) in [7, 11) is 0. The summed E-state index contributed by atoms with van der Waals surface area (Å²) in [5, 5.41) is 10.1. The lowest BCUT2D eigenvalue weighted by Gasteiger charge is -2.30. The van der Waals surface area contributed by atoms with E-state index in [1.54, 1.807) is 6.07 Å². The molecule has 0 bridgehead atoms. The van der Waals surface area contributed by atoms with Crippen LogP contribution in [-0.4, -0.2) is 48.2 Å². The molecule has 0 aliphatic carbocycles. The molecule has 1 aliphatic heterocycles. The zero-order valence-electron chi connectivity index (χ0n) is 12.7. The van der Waals surface area contributed by atoms with Crippen molar-refractivity contribution in [3.05, 3.63) is 11.8 Å². The van der Waals surface area contributed by atoms with Crippen LogP contribution in [0.5, 0.6) is 0 Å². The normalized spacial score (nSPS) is 20.9. The van der Waals surface area contributed by atoms with Crippen LogP contribution in [0, 0.1) is 0 Å². The van der Waals surface area contributed by atoms with E-state index in [2.05, 4.69) is 48.4 Å². The second-order valence-corrected chi connectivity index (χ2v) is 6.46. The van der Waals surface area contributed by atoms with Crippen molar-refractivity contribution in [1.82, 2.24) is 15.4 Å². The molecule has 1 amide bonds. The number of hydrogen-bond acceptors (Lipinski definition) is 5. The van der Waals surface area contributed by atoms with E-state index in [-0.39, 0.29) is 11.3 Å². The minimum absolute atomic E-state index is 0.0595. The molecular weight excluding hydrogens is 256 g/mol. The molecule has 20 heavy (non-hydrogen) atoms. The second-order valence-electron chi connectivity index (χ2n) is 6.46. The zero-order chi connectivity index (χ0) is 14.8. The summed E-state index contributed by atoms with van der Waals surface area (Å²) in [4.78, 5) is 14.1. The van der Waals surface area contributed by atoms with E-state index in [9.17, 15) is 4.79 Å². The Kier molecular flexibility index (Phi) is 4.45. The monoisotopic (exact) mass is 280 g/mol. The van der Waals surface area contributed by atoms with E-state index in [0.717, 1.165) is 25.3 Å². The van der Waals surface area contributed by atoms with Crippen LogP contribution in [-0.2, 0) is 10.2 Å². The first kappa shape index (κ1) is 15.0. The van der Waals surface area contributed by atoms with Crippen LogP contribution >= 0.6 is 0 Å². The molecule has 1 atom stereocenters. The second kappa shape index (κ2) is 5.93. The number of amides is 1. The predicted octanol–water partition coefficient (Wildman–Crippen LogP) is 1.20. The van der Waals surface area contributed by atoms with Crippen LogP contribution < -0.4 is 10.6 Å². The van der Waals surface area contributed by atoms with Gasteiger partial charge >= 0.3 is 0 Å². The van der Waals surface area contributed by atoms with Gasteiger partial charge in [-0.3, -0.25) is 15.0 Å². The summed E-state index contributed by atoms with van der Waals surface area (Å²) in [6, 6.07) is 2.22. The minimum atomic E-state index is -0.0829. The average Bonchev–Trinajstić information content (AvgIpc) is 2.76. The highest BCUT2D eigenvalue weighted by molar-refractivity contribution is 5.91. The number of anilines is 1. The third kappa shape index (κ3) is 4.05. The maximum absolute atomic E-state index is 12.0. The van der Waals surface area contributed by atoms with Gasteiger partial charge in [-0.15, -0.1) is 0 Å². The Bertz CT molecular complexity index is 464. The number of aromatic nitrogens is 1. The Hall–Kier alpha value is -1.40. The molecule has 1 fully saturated rings. The van der Waals surface area contributed by atoms with Gasteiger partial charge < -0.3 is 9.84 Å². The van der Waals surface area contributed by atoms with Crippen molar-refractivity contribution in [2.75, 3.05) is 31.5 Å². The number of carbonyl (C=O) groups excluding carboxylic acids is 1. The molecule has 1 aromatic heterocycles. The summed E-state index contributed by atoms with van der Waals surface area (Å²) in [6.45, 7) is 11.4. The third-order valence-electron chi connectivity index (χ3n) is 3.36. The number of rotatable bonds is 3. The number of piperazine rings is 1. The number of hydrogen-bond donors (Lipinski definition) is 2. The highest BCUT2D eigenvalue weighted by Gasteiger charge is 2.21. The van der Waals surface area contributed by atoms with Crippen LogP contribution in [0.25, 0.3) is 0 Å². The van der Waals surface area contributed by atoms with Gasteiger partial charge in [-0.1, -0.05) is 25.9 Å². The molecule has 2 rings (SSSR count). The van der Waals surface area contributed by atoms with Crippen molar-refractivity contribution in [2.45, 2.75) is 39.2 Å². The molecule has 0 spiro atoms. The highest BCUT2D eigenvalue weighted by atomic mass is 16.5. The molecule has 112 valence electrons. The molecule has 2 heterocycles. The van der Waals surface area contributed by atoms with Crippen molar-refractivity contribution in [3.8, 4) is 0 Å². The summed E-state index contributed by atoms with van der Waals surface area (Å²) in [6.07, 6.45) is 0. The topological polar surface area (TPSA) is 70.4 Å². The summed E-state index contributed by atoms with van der Waals surface area (Å²) >= 11 is 0. The molecule has 0 unspecified atom stereocenters. The van der Waals surface area contributed by atoms with Gasteiger partial charge in [-0.2, -0.15) is 0 Å². The van der Waals surface area contributed by atoms with Crippen molar-refractivity contribution in [2.24, 2.45) is 0 Å². The van der Waals surface area contributed by atoms with Crippen molar-refractivity contribution in [3.63, 3.8) is 0 Å². The lowest BCUT2D eigenvalue weighted by molar-refractivity contribution is -0.117. The molecule has 0 aromatic carbocycles. The molecule has 0 saturated carbocycles. The van der Waals surface area contributed by atoms with Gasteiger partial charge in [0.1, 0.15) is 0 Å². The summed E-state index contributed by atoms with van der Waals surface area (Å²) < 4.78 is 5.16. The van der Waals surface area contributed by atoms with Crippen LogP contribution in [0.1, 0.15) is 33.4 Å². The van der Waals surface area contributed by atoms with Gasteiger partial charge in [0.25, 0.3) is 0 Å². The number of carbonyl (C=O) groups is 1. The summed E-state index contributed by atoms with van der Waals surface area (Å²) in [5.41, 5.74) is 0.754. The van der Waals surface area contributed by atoms with Gasteiger partial charge in [0, 0.05) is 37.2 Å². The first-order valence-corrected chi connectivity index (χ1v) is 7.07. The molecule has 2 N–H and O–H groups in total.